The zero-order valence-corrected chi connectivity index (χ0v) is 12.7. The highest BCUT2D eigenvalue weighted by Gasteiger charge is 2.15. The molecule has 1 aromatic carbocycles. The van der Waals surface area contributed by atoms with Gasteiger partial charge in [0.15, 0.2) is 5.96 Å². The molecule has 4 N–H and O–H groups in total. The molecule has 0 saturated carbocycles. The number of anilines is 1. The van der Waals surface area contributed by atoms with Gasteiger partial charge in [0.25, 0.3) is 0 Å². The van der Waals surface area contributed by atoms with Gasteiger partial charge in [0.05, 0.1) is 0 Å². The summed E-state index contributed by atoms with van der Waals surface area (Å²) in [7, 11) is 0. The molecular weight excluding hydrogens is 255 g/mol. The standard InChI is InChI=1S/C15H25FN4/c1-11(2)19-14(18-10-15(3,4)9-17)20-13-7-5-6-12(16)8-13/h5-8,11H,9-10,17H2,1-4H3,(H2,18,19,20). The first-order valence-corrected chi connectivity index (χ1v) is 6.86. The SMILES string of the molecule is CC(C)NC(=NCC(C)(C)CN)Nc1cccc(F)c1. The normalized spacial score (nSPS) is 12.7. The highest BCUT2D eigenvalue weighted by molar-refractivity contribution is 5.93. The molecule has 0 fully saturated rings. The van der Waals surface area contributed by atoms with Gasteiger partial charge in [-0.1, -0.05) is 19.9 Å². The second kappa shape index (κ2) is 7.24. The van der Waals surface area contributed by atoms with Gasteiger partial charge in [0, 0.05) is 18.3 Å². The van der Waals surface area contributed by atoms with Gasteiger partial charge in [-0.05, 0) is 44.0 Å². The Hall–Kier alpha value is -1.62. The highest BCUT2D eigenvalue weighted by Crippen LogP contribution is 2.13. The second-order valence-electron chi connectivity index (χ2n) is 5.97. The molecule has 1 aromatic rings. The largest absolute Gasteiger partial charge is 0.354 e. The number of rotatable bonds is 5. The number of nitrogens with two attached hydrogens (primary N) is 1. The Kier molecular flexibility index (Phi) is 5.95. The van der Waals surface area contributed by atoms with Gasteiger partial charge in [-0.2, -0.15) is 0 Å². The Morgan fingerprint density at radius 1 is 1.40 bits per heavy atom. The maximum Gasteiger partial charge on any atom is 0.196 e. The van der Waals surface area contributed by atoms with E-state index in [0.29, 0.717) is 24.7 Å². The predicted molar refractivity (Wildman–Crippen MR) is 83.4 cm³/mol. The zero-order valence-electron chi connectivity index (χ0n) is 12.7. The molecule has 0 atom stereocenters. The number of hydrogen-bond donors (Lipinski definition) is 3. The number of halogens is 1. The average molecular weight is 280 g/mol. The van der Waals surface area contributed by atoms with Crippen molar-refractivity contribution in [1.82, 2.24) is 5.32 Å². The Bertz CT molecular complexity index is 455. The van der Waals surface area contributed by atoms with E-state index in [1.54, 1.807) is 12.1 Å². The zero-order chi connectivity index (χ0) is 15.2. The monoisotopic (exact) mass is 280 g/mol. The molecule has 0 radical (unpaired) electrons. The lowest BCUT2D eigenvalue weighted by molar-refractivity contribution is 0.393. The van der Waals surface area contributed by atoms with Crippen LogP contribution in [0.25, 0.3) is 0 Å². The van der Waals surface area contributed by atoms with E-state index in [4.69, 9.17) is 5.73 Å². The van der Waals surface area contributed by atoms with Crippen LogP contribution in [0.4, 0.5) is 10.1 Å². The van der Waals surface area contributed by atoms with Crippen LogP contribution in [-0.2, 0) is 0 Å². The van der Waals surface area contributed by atoms with E-state index in [1.807, 2.05) is 13.8 Å². The van der Waals surface area contributed by atoms with E-state index in [2.05, 4.69) is 29.5 Å². The van der Waals surface area contributed by atoms with Crippen LogP contribution >= 0.6 is 0 Å². The first-order chi connectivity index (χ1) is 9.32. The van der Waals surface area contributed by atoms with Gasteiger partial charge in [-0.25, -0.2) is 4.39 Å². The van der Waals surface area contributed by atoms with Gasteiger partial charge in [-0.15, -0.1) is 0 Å². The Labute approximate surface area is 120 Å². The maximum absolute atomic E-state index is 13.2. The fourth-order valence-electron chi connectivity index (χ4n) is 1.46. The van der Waals surface area contributed by atoms with Crippen LogP contribution in [0.1, 0.15) is 27.7 Å². The molecule has 0 aliphatic carbocycles. The minimum Gasteiger partial charge on any atom is -0.354 e. The molecule has 0 saturated heterocycles. The van der Waals surface area contributed by atoms with Crippen molar-refractivity contribution in [1.29, 1.82) is 0 Å². The summed E-state index contributed by atoms with van der Waals surface area (Å²) in [5, 5.41) is 6.33. The summed E-state index contributed by atoms with van der Waals surface area (Å²) in [6, 6.07) is 6.54. The summed E-state index contributed by atoms with van der Waals surface area (Å²) in [6.45, 7) is 9.33. The van der Waals surface area contributed by atoms with Crippen molar-refractivity contribution in [2.75, 3.05) is 18.4 Å². The van der Waals surface area contributed by atoms with Gasteiger partial charge in [-0.3, -0.25) is 4.99 Å². The summed E-state index contributed by atoms with van der Waals surface area (Å²) >= 11 is 0. The summed E-state index contributed by atoms with van der Waals surface area (Å²) in [5.41, 5.74) is 6.31. The van der Waals surface area contributed by atoms with Crippen molar-refractivity contribution < 1.29 is 4.39 Å². The lowest BCUT2D eigenvalue weighted by Gasteiger charge is -2.21. The van der Waals surface area contributed by atoms with Gasteiger partial charge >= 0.3 is 0 Å². The fourth-order valence-corrected chi connectivity index (χ4v) is 1.46. The molecule has 0 bridgehead atoms. The molecule has 0 heterocycles. The molecule has 0 aliphatic rings. The van der Waals surface area contributed by atoms with Crippen LogP contribution in [0.3, 0.4) is 0 Å². The Morgan fingerprint density at radius 3 is 2.65 bits per heavy atom. The van der Waals surface area contributed by atoms with Crippen LogP contribution in [0.5, 0.6) is 0 Å². The number of aliphatic imine (C=N–C) groups is 1. The maximum atomic E-state index is 13.2. The van der Waals surface area contributed by atoms with E-state index in [1.165, 1.54) is 12.1 Å². The van der Waals surface area contributed by atoms with Crippen LogP contribution < -0.4 is 16.4 Å². The lowest BCUT2D eigenvalue weighted by atomic mass is 9.94. The van der Waals surface area contributed by atoms with Crippen molar-refractivity contribution in [2.45, 2.75) is 33.7 Å². The average Bonchev–Trinajstić information content (AvgIpc) is 2.35. The lowest BCUT2D eigenvalue weighted by Crippen LogP contribution is -2.37. The highest BCUT2D eigenvalue weighted by atomic mass is 19.1. The van der Waals surface area contributed by atoms with Crippen LogP contribution in [-0.4, -0.2) is 25.1 Å². The van der Waals surface area contributed by atoms with Crippen LogP contribution in [0.15, 0.2) is 29.3 Å². The molecule has 4 nitrogen and oxygen atoms in total. The molecule has 1 rings (SSSR count). The molecule has 0 amide bonds. The van der Waals surface area contributed by atoms with Crippen LogP contribution in [0.2, 0.25) is 0 Å². The van der Waals surface area contributed by atoms with Gasteiger partial charge < -0.3 is 16.4 Å². The van der Waals surface area contributed by atoms with E-state index in [0.717, 1.165) is 0 Å². The molecule has 0 unspecified atom stereocenters. The predicted octanol–water partition coefficient (Wildman–Crippen LogP) is 2.58. The Balaban J connectivity index is 2.81. The van der Waals surface area contributed by atoms with E-state index >= 15 is 0 Å². The molecule has 5 heteroatoms. The van der Waals surface area contributed by atoms with Crippen molar-refractivity contribution in [3.63, 3.8) is 0 Å². The first-order valence-electron chi connectivity index (χ1n) is 6.86. The number of hydrogen-bond acceptors (Lipinski definition) is 2. The fraction of sp³-hybridized carbons (Fsp3) is 0.533. The van der Waals surface area contributed by atoms with Gasteiger partial charge in [0.1, 0.15) is 5.82 Å². The van der Waals surface area contributed by atoms with E-state index in [9.17, 15) is 4.39 Å². The summed E-state index contributed by atoms with van der Waals surface area (Å²) in [6.07, 6.45) is 0. The summed E-state index contributed by atoms with van der Waals surface area (Å²) in [5.74, 6) is 0.355. The number of nitrogens with one attached hydrogen (secondary N) is 2. The van der Waals surface area contributed by atoms with E-state index < -0.39 is 0 Å². The third kappa shape index (κ3) is 6.02. The number of benzene rings is 1. The van der Waals surface area contributed by atoms with Crippen LogP contribution in [0, 0.1) is 11.2 Å². The van der Waals surface area contributed by atoms with Crippen molar-refractivity contribution in [3.05, 3.63) is 30.1 Å². The molecule has 0 aromatic heterocycles. The second-order valence-corrected chi connectivity index (χ2v) is 5.97. The van der Waals surface area contributed by atoms with Crippen molar-refractivity contribution in [2.24, 2.45) is 16.1 Å². The summed E-state index contributed by atoms with van der Waals surface area (Å²) < 4.78 is 13.2. The third-order valence-corrected chi connectivity index (χ3v) is 2.73. The van der Waals surface area contributed by atoms with E-state index in [-0.39, 0.29) is 17.3 Å². The molecule has 112 valence electrons. The molecule has 20 heavy (non-hydrogen) atoms. The minimum absolute atomic E-state index is 0.0620. The molecule has 0 aliphatic heterocycles. The van der Waals surface area contributed by atoms with Crippen molar-refractivity contribution in [3.8, 4) is 0 Å². The smallest absolute Gasteiger partial charge is 0.196 e. The quantitative estimate of drug-likeness (QED) is 0.574. The third-order valence-electron chi connectivity index (χ3n) is 2.73. The van der Waals surface area contributed by atoms with Crippen molar-refractivity contribution >= 4 is 11.6 Å². The first kappa shape index (κ1) is 16.4. The molecule has 0 spiro atoms. The number of guanidine groups is 1. The minimum atomic E-state index is -0.277. The molecular formula is C15H25FN4. The Morgan fingerprint density at radius 2 is 2.10 bits per heavy atom. The number of nitrogens with zero attached hydrogens (tertiary/aromatic N) is 1. The van der Waals surface area contributed by atoms with Gasteiger partial charge in [0.2, 0.25) is 0 Å². The topological polar surface area (TPSA) is 62.4 Å². The summed E-state index contributed by atoms with van der Waals surface area (Å²) in [4.78, 5) is 4.52.